The lowest BCUT2D eigenvalue weighted by atomic mass is 10.2. The van der Waals surface area contributed by atoms with Gasteiger partial charge in [-0.05, 0) is 12.5 Å². The van der Waals surface area contributed by atoms with Crippen LogP contribution in [0.25, 0.3) is 0 Å². The van der Waals surface area contributed by atoms with E-state index < -0.39 is 24.0 Å². The molecular formula is C14H18N2O5. The van der Waals surface area contributed by atoms with Crippen molar-refractivity contribution in [3.63, 3.8) is 0 Å². The number of hydrogen-bond acceptors (Lipinski definition) is 5. The molecule has 0 heterocycles. The van der Waals surface area contributed by atoms with Crippen LogP contribution in [0.5, 0.6) is 0 Å². The lowest BCUT2D eigenvalue weighted by molar-refractivity contribution is -0.144. The SMILES string of the molecule is COC(=O)C(C)NC(=O)CNC(=O)OCc1ccccc1. The molecular weight excluding hydrogens is 276 g/mol. The number of carbonyl (C=O) groups is 3. The Kier molecular flexibility index (Phi) is 6.73. The van der Waals surface area contributed by atoms with Crippen molar-refractivity contribution >= 4 is 18.0 Å². The summed E-state index contributed by atoms with van der Waals surface area (Å²) < 4.78 is 9.39. The van der Waals surface area contributed by atoms with Crippen molar-refractivity contribution in [2.24, 2.45) is 0 Å². The molecule has 0 radical (unpaired) electrons. The summed E-state index contributed by atoms with van der Waals surface area (Å²) in [5, 5.41) is 4.67. The highest BCUT2D eigenvalue weighted by molar-refractivity contribution is 5.86. The average molecular weight is 294 g/mol. The van der Waals surface area contributed by atoms with E-state index in [-0.39, 0.29) is 13.2 Å². The summed E-state index contributed by atoms with van der Waals surface area (Å²) in [6.45, 7) is 1.32. The molecule has 21 heavy (non-hydrogen) atoms. The number of hydrogen-bond donors (Lipinski definition) is 2. The van der Waals surface area contributed by atoms with Gasteiger partial charge in [0.2, 0.25) is 5.91 Å². The number of nitrogens with one attached hydrogen (secondary N) is 2. The van der Waals surface area contributed by atoms with Gasteiger partial charge in [-0.2, -0.15) is 0 Å². The Balaban J connectivity index is 2.23. The Bertz CT molecular complexity index is 489. The van der Waals surface area contributed by atoms with Crippen molar-refractivity contribution in [1.82, 2.24) is 10.6 Å². The molecule has 0 bridgehead atoms. The highest BCUT2D eigenvalue weighted by Crippen LogP contribution is 2.00. The highest BCUT2D eigenvalue weighted by Gasteiger charge is 2.16. The highest BCUT2D eigenvalue weighted by atomic mass is 16.5. The van der Waals surface area contributed by atoms with Crippen LogP contribution in [0.15, 0.2) is 30.3 Å². The third-order valence-electron chi connectivity index (χ3n) is 2.54. The molecule has 0 saturated heterocycles. The number of benzene rings is 1. The first kappa shape index (κ1) is 16.5. The molecule has 1 rings (SSSR count). The molecule has 7 nitrogen and oxygen atoms in total. The van der Waals surface area contributed by atoms with Crippen molar-refractivity contribution in [2.75, 3.05) is 13.7 Å². The minimum Gasteiger partial charge on any atom is -0.467 e. The number of carbonyl (C=O) groups excluding carboxylic acids is 3. The summed E-state index contributed by atoms with van der Waals surface area (Å²) in [6, 6.07) is 8.38. The Morgan fingerprint density at radius 1 is 1.19 bits per heavy atom. The smallest absolute Gasteiger partial charge is 0.407 e. The molecule has 7 heteroatoms. The lowest BCUT2D eigenvalue weighted by Gasteiger charge is -2.12. The molecule has 0 aliphatic carbocycles. The van der Waals surface area contributed by atoms with Gasteiger partial charge in [-0.3, -0.25) is 4.79 Å². The van der Waals surface area contributed by atoms with Crippen LogP contribution in [-0.2, 0) is 25.7 Å². The maximum atomic E-state index is 11.5. The monoisotopic (exact) mass is 294 g/mol. The van der Waals surface area contributed by atoms with Gasteiger partial charge < -0.3 is 20.1 Å². The third-order valence-corrected chi connectivity index (χ3v) is 2.54. The summed E-state index contributed by atoms with van der Waals surface area (Å²) in [5.74, 6) is -1.07. The molecule has 1 aromatic carbocycles. The second kappa shape index (κ2) is 8.57. The molecule has 0 aromatic heterocycles. The summed E-state index contributed by atoms with van der Waals surface area (Å²) in [5.41, 5.74) is 0.844. The van der Waals surface area contributed by atoms with E-state index in [9.17, 15) is 14.4 Å². The van der Waals surface area contributed by atoms with Gasteiger partial charge in [-0.15, -0.1) is 0 Å². The predicted octanol–water partition coefficient (Wildman–Crippen LogP) is 0.591. The maximum absolute atomic E-state index is 11.5. The first-order valence-corrected chi connectivity index (χ1v) is 6.34. The number of methoxy groups -OCH3 is 1. The second-order valence-corrected chi connectivity index (χ2v) is 4.23. The number of rotatable bonds is 6. The van der Waals surface area contributed by atoms with Gasteiger partial charge >= 0.3 is 12.1 Å². The summed E-state index contributed by atoms with van der Waals surface area (Å²) in [6.07, 6.45) is -0.709. The summed E-state index contributed by atoms with van der Waals surface area (Å²) >= 11 is 0. The molecule has 114 valence electrons. The Hall–Kier alpha value is -2.57. The van der Waals surface area contributed by atoms with Crippen LogP contribution in [0.4, 0.5) is 4.79 Å². The van der Waals surface area contributed by atoms with Crippen molar-refractivity contribution in [1.29, 1.82) is 0 Å². The van der Waals surface area contributed by atoms with Gasteiger partial charge in [0.15, 0.2) is 0 Å². The van der Waals surface area contributed by atoms with Crippen LogP contribution < -0.4 is 10.6 Å². The molecule has 2 amide bonds. The van der Waals surface area contributed by atoms with Crippen molar-refractivity contribution in [2.45, 2.75) is 19.6 Å². The molecule has 0 fully saturated rings. The topological polar surface area (TPSA) is 93.7 Å². The van der Waals surface area contributed by atoms with Crippen molar-refractivity contribution in [3.8, 4) is 0 Å². The van der Waals surface area contributed by atoms with Crippen molar-refractivity contribution in [3.05, 3.63) is 35.9 Å². The van der Waals surface area contributed by atoms with Crippen LogP contribution in [0.3, 0.4) is 0 Å². The largest absolute Gasteiger partial charge is 0.467 e. The van der Waals surface area contributed by atoms with Crippen LogP contribution in [0.1, 0.15) is 12.5 Å². The van der Waals surface area contributed by atoms with E-state index in [2.05, 4.69) is 15.4 Å². The maximum Gasteiger partial charge on any atom is 0.407 e. The van der Waals surface area contributed by atoms with Crippen LogP contribution in [0.2, 0.25) is 0 Å². The molecule has 0 aliphatic heterocycles. The van der Waals surface area contributed by atoms with Gasteiger partial charge in [0, 0.05) is 0 Å². The zero-order chi connectivity index (χ0) is 15.7. The quantitative estimate of drug-likeness (QED) is 0.749. The minimum atomic E-state index is -0.773. The second-order valence-electron chi connectivity index (χ2n) is 4.23. The molecule has 1 unspecified atom stereocenters. The van der Waals surface area contributed by atoms with Gasteiger partial charge in [-0.1, -0.05) is 30.3 Å². The Morgan fingerprint density at radius 2 is 1.86 bits per heavy atom. The first-order chi connectivity index (χ1) is 10.0. The van der Waals surface area contributed by atoms with Crippen molar-refractivity contribution < 1.29 is 23.9 Å². The van der Waals surface area contributed by atoms with Gasteiger partial charge in [0.05, 0.1) is 7.11 Å². The van der Waals surface area contributed by atoms with E-state index in [0.29, 0.717) is 0 Å². The molecule has 1 atom stereocenters. The average Bonchev–Trinajstić information content (AvgIpc) is 2.51. The fourth-order valence-electron chi connectivity index (χ4n) is 1.45. The lowest BCUT2D eigenvalue weighted by Crippen LogP contribution is -2.44. The van der Waals surface area contributed by atoms with E-state index in [1.807, 2.05) is 30.3 Å². The summed E-state index contributed by atoms with van der Waals surface area (Å²) in [4.78, 5) is 34.0. The van der Waals surface area contributed by atoms with Crippen LogP contribution in [0, 0.1) is 0 Å². The van der Waals surface area contributed by atoms with Gasteiger partial charge in [0.1, 0.15) is 19.2 Å². The van der Waals surface area contributed by atoms with Crippen LogP contribution in [-0.4, -0.2) is 37.7 Å². The fourth-order valence-corrected chi connectivity index (χ4v) is 1.45. The minimum absolute atomic E-state index is 0.118. The van der Waals surface area contributed by atoms with E-state index in [1.165, 1.54) is 14.0 Å². The molecule has 0 saturated carbocycles. The van der Waals surface area contributed by atoms with E-state index >= 15 is 0 Å². The molecule has 1 aromatic rings. The first-order valence-electron chi connectivity index (χ1n) is 6.34. The molecule has 2 N–H and O–H groups in total. The normalized spacial score (nSPS) is 11.1. The molecule has 0 aliphatic rings. The number of ether oxygens (including phenoxy) is 2. The van der Waals surface area contributed by atoms with E-state index in [0.717, 1.165) is 5.56 Å². The zero-order valence-electron chi connectivity index (χ0n) is 11.9. The van der Waals surface area contributed by atoms with Gasteiger partial charge in [-0.25, -0.2) is 9.59 Å². The number of esters is 1. The Morgan fingerprint density at radius 3 is 2.48 bits per heavy atom. The predicted molar refractivity (Wildman–Crippen MR) is 74.3 cm³/mol. The zero-order valence-corrected chi connectivity index (χ0v) is 11.9. The summed E-state index contributed by atoms with van der Waals surface area (Å²) in [7, 11) is 1.23. The van der Waals surface area contributed by atoms with E-state index in [4.69, 9.17) is 4.74 Å². The third kappa shape index (κ3) is 6.42. The fraction of sp³-hybridized carbons (Fsp3) is 0.357. The van der Waals surface area contributed by atoms with Crippen LogP contribution >= 0.6 is 0 Å². The number of alkyl carbamates (subject to hydrolysis) is 1. The molecule has 0 spiro atoms. The number of amides is 2. The van der Waals surface area contributed by atoms with Gasteiger partial charge in [0.25, 0.3) is 0 Å². The van der Waals surface area contributed by atoms with E-state index in [1.54, 1.807) is 0 Å². The Labute approximate surface area is 122 Å². The standard InChI is InChI=1S/C14H18N2O5/c1-10(13(18)20-2)16-12(17)8-15-14(19)21-9-11-6-4-3-5-7-11/h3-7,10H,8-9H2,1-2H3,(H,15,19)(H,16,17).